The van der Waals surface area contributed by atoms with Gasteiger partial charge in [-0.25, -0.2) is 13.2 Å². The molecule has 1 saturated carbocycles. The number of nitrogens with one attached hydrogen (secondary N) is 1. The summed E-state index contributed by atoms with van der Waals surface area (Å²) in [5, 5.41) is 6.36. The van der Waals surface area contributed by atoms with Crippen LogP contribution in [0.25, 0.3) is 0 Å². The molecular weight excluding hydrogens is 316 g/mol. The van der Waals surface area contributed by atoms with Crippen LogP contribution < -0.4 is 0 Å². The Morgan fingerprint density at radius 1 is 1.43 bits per heavy atom. The summed E-state index contributed by atoms with van der Waals surface area (Å²) in [6.45, 7) is 2.19. The second-order valence-electron chi connectivity index (χ2n) is 5.32. The van der Waals surface area contributed by atoms with Crippen molar-refractivity contribution in [2.24, 2.45) is 5.92 Å². The molecule has 6 nitrogen and oxygen atoms in total. The van der Waals surface area contributed by atoms with Crippen molar-refractivity contribution >= 4 is 25.7 Å². The molecule has 0 bridgehead atoms. The van der Waals surface area contributed by atoms with Gasteiger partial charge in [0.2, 0.25) is 0 Å². The first kappa shape index (κ1) is 16.3. The van der Waals surface area contributed by atoms with Crippen molar-refractivity contribution in [3.05, 3.63) is 11.4 Å². The van der Waals surface area contributed by atoms with Crippen LogP contribution in [0, 0.1) is 5.92 Å². The molecule has 1 heterocycles. The van der Waals surface area contributed by atoms with Crippen molar-refractivity contribution in [3.8, 4) is 0 Å². The van der Waals surface area contributed by atoms with Crippen molar-refractivity contribution in [2.75, 3.05) is 6.61 Å². The third-order valence-corrected chi connectivity index (χ3v) is 5.04. The molecule has 1 aliphatic rings. The van der Waals surface area contributed by atoms with Crippen molar-refractivity contribution in [3.63, 3.8) is 0 Å². The first-order valence-electron chi connectivity index (χ1n) is 7.12. The highest BCUT2D eigenvalue weighted by Gasteiger charge is 2.29. The number of ether oxygens (including phenoxy) is 1. The van der Waals surface area contributed by atoms with Crippen LogP contribution in [0.5, 0.6) is 0 Å². The second kappa shape index (κ2) is 6.79. The lowest BCUT2D eigenvalue weighted by molar-refractivity contribution is 0.0431. The third kappa shape index (κ3) is 3.97. The fourth-order valence-corrected chi connectivity index (χ4v) is 3.93. The van der Waals surface area contributed by atoms with E-state index in [0.29, 0.717) is 31.1 Å². The zero-order valence-corrected chi connectivity index (χ0v) is 13.5. The van der Waals surface area contributed by atoms with E-state index in [-0.39, 0.29) is 10.6 Å². The van der Waals surface area contributed by atoms with Crippen LogP contribution in [-0.2, 0) is 20.2 Å². The Morgan fingerprint density at radius 3 is 2.67 bits per heavy atom. The summed E-state index contributed by atoms with van der Waals surface area (Å²) in [6.07, 6.45) is 5.52. The molecule has 0 unspecified atom stereocenters. The molecule has 0 amide bonds. The fraction of sp³-hybridized carbons (Fsp3) is 0.692. The normalized spacial score (nSPS) is 16.3. The molecule has 1 N–H and O–H groups in total. The van der Waals surface area contributed by atoms with Gasteiger partial charge < -0.3 is 4.74 Å². The van der Waals surface area contributed by atoms with Crippen molar-refractivity contribution < 1.29 is 17.9 Å². The van der Waals surface area contributed by atoms with E-state index in [1.54, 1.807) is 0 Å². The molecule has 1 aromatic rings. The molecule has 8 heteroatoms. The van der Waals surface area contributed by atoms with Crippen LogP contribution in [0.2, 0.25) is 0 Å². The lowest BCUT2D eigenvalue weighted by Gasteiger charge is -2.09. The van der Waals surface area contributed by atoms with Crippen LogP contribution in [0.15, 0.2) is 4.90 Å². The van der Waals surface area contributed by atoms with Gasteiger partial charge in [-0.15, -0.1) is 0 Å². The number of aryl methyl sites for hydroxylation is 1. The van der Waals surface area contributed by atoms with E-state index < -0.39 is 15.0 Å². The van der Waals surface area contributed by atoms with Gasteiger partial charge in [-0.2, -0.15) is 5.10 Å². The highest BCUT2D eigenvalue weighted by atomic mass is 35.7. The van der Waals surface area contributed by atoms with Crippen molar-refractivity contribution in [1.29, 1.82) is 0 Å². The number of esters is 1. The average molecular weight is 335 g/mol. The maximum atomic E-state index is 12.1. The number of carbonyl (C=O) groups excluding carboxylic acids is 1. The lowest BCUT2D eigenvalue weighted by Crippen LogP contribution is -2.14. The van der Waals surface area contributed by atoms with E-state index in [0.717, 1.165) is 25.7 Å². The molecule has 0 saturated heterocycles. The predicted molar refractivity (Wildman–Crippen MR) is 77.9 cm³/mol. The van der Waals surface area contributed by atoms with Crippen LogP contribution >= 0.6 is 10.7 Å². The summed E-state index contributed by atoms with van der Waals surface area (Å²) >= 11 is 0. The van der Waals surface area contributed by atoms with Gasteiger partial charge in [0.05, 0.1) is 12.3 Å². The summed E-state index contributed by atoms with van der Waals surface area (Å²) < 4.78 is 28.5. The van der Waals surface area contributed by atoms with Gasteiger partial charge in [-0.1, -0.05) is 26.2 Å². The van der Waals surface area contributed by atoms with Gasteiger partial charge >= 0.3 is 5.97 Å². The van der Waals surface area contributed by atoms with Crippen LogP contribution in [0.4, 0.5) is 0 Å². The quantitative estimate of drug-likeness (QED) is 0.638. The van der Waals surface area contributed by atoms with Crippen molar-refractivity contribution in [2.45, 2.75) is 50.3 Å². The highest BCUT2D eigenvalue weighted by molar-refractivity contribution is 8.13. The van der Waals surface area contributed by atoms with Gasteiger partial charge in [0, 0.05) is 10.7 Å². The molecule has 0 aliphatic heterocycles. The Kier molecular flexibility index (Phi) is 5.27. The Bertz CT molecular complexity index is 606. The van der Waals surface area contributed by atoms with E-state index in [9.17, 15) is 13.2 Å². The number of halogens is 1. The van der Waals surface area contributed by atoms with Gasteiger partial charge in [-0.05, 0) is 25.2 Å². The van der Waals surface area contributed by atoms with Crippen LogP contribution in [0.3, 0.4) is 0 Å². The Balaban J connectivity index is 2.16. The first-order valence-corrected chi connectivity index (χ1v) is 9.43. The number of aromatic amines is 1. The molecule has 1 aromatic heterocycles. The smallest absolute Gasteiger partial charge is 0.360 e. The standard InChI is InChI=1S/C13H19ClN2O4S/c1-2-5-10-12(21(14,18)19)11(16-15-10)13(17)20-8-9-6-3-4-7-9/h9H,2-8H2,1H3,(H,15,16). The Labute approximate surface area is 128 Å². The predicted octanol–water partition coefficient (Wildman–Crippen LogP) is 2.64. The molecule has 1 aliphatic carbocycles. The minimum absolute atomic E-state index is 0.244. The van der Waals surface area contributed by atoms with E-state index in [1.165, 1.54) is 0 Å². The fourth-order valence-electron chi connectivity index (χ4n) is 2.63. The monoisotopic (exact) mass is 334 g/mol. The zero-order chi connectivity index (χ0) is 15.5. The molecule has 0 spiro atoms. The Morgan fingerprint density at radius 2 is 2.10 bits per heavy atom. The first-order chi connectivity index (χ1) is 9.93. The van der Waals surface area contributed by atoms with Crippen LogP contribution in [0.1, 0.15) is 55.2 Å². The topological polar surface area (TPSA) is 89.1 Å². The van der Waals surface area contributed by atoms with E-state index >= 15 is 0 Å². The molecule has 21 heavy (non-hydrogen) atoms. The maximum Gasteiger partial charge on any atom is 0.360 e. The SMILES string of the molecule is CCCc1[nH]nc(C(=O)OCC2CCCC2)c1S(=O)(=O)Cl. The largest absolute Gasteiger partial charge is 0.461 e. The molecule has 2 rings (SSSR count). The van der Waals surface area contributed by atoms with Crippen molar-refractivity contribution in [1.82, 2.24) is 10.2 Å². The van der Waals surface area contributed by atoms with E-state index in [1.807, 2.05) is 6.92 Å². The molecule has 1 fully saturated rings. The number of carbonyl (C=O) groups is 1. The summed E-state index contributed by atoms with van der Waals surface area (Å²) in [5.74, 6) is -0.376. The average Bonchev–Trinajstić information content (AvgIpc) is 3.04. The summed E-state index contributed by atoms with van der Waals surface area (Å²) in [5.41, 5.74) is 0.103. The zero-order valence-electron chi connectivity index (χ0n) is 11.9. The number of aromatic nitrogens is 2. The van der Waals surface area contributed by atoms with Gasteiger partial charge in [0.1, 0.15) is 4.90 Å². The highest BCUT2D eigenvalue weighted by Crippen LogP contribution is 2.27. The van der Waals surface area contributed by atoms with Crippen LogP contribution in [-0.4, -0.2) is 31.2 Å². The molecule has 118 valence electrons. The maximum absolute atomic E-state index is 12.1. The summed E-state index contributed by atoms with van der Waals surface area (Å²) in [7, 11) is 1.37. The van der Waals surface area contributed by atoms with E-state index in [2.05, 4.69) is 10.2 Å². The van der Waals surface area contributed by atoms with Gasteiger partial charge in [0.15, 0.2) is 5.69 Å². The number of nitrogens with zero attached hydrogens (tertiary/aromatic N) is 1. The summed E-state index contributed by atoms with van der Waals surface area (Å²) in [4.78, 5) is 11.8. The van der Waals surface area contributed by atoms with Gasteiger partial charge in [0.25, 0.3) is 9.05 Å². The second-order valence-corrected chi connectivity index (χ2v) is 7.82. The number of H-pyrrole nitrogens is 1. The number of rotatable bonds is 6. The molecule has 0 radical (unpaired) electrons. The third-order valence-electron chi connectivity index (χ3n) is 3.65. The lowest BCUT2D eigenvalue weighted by atomic mass is 10.1. The minimum Gasteiger partial charge on any atom is -0.461 e. The number of hydrogen-bond donors (Lipinski definition) is 1. The molecular formula is C13H19ClN2O4S. The molecule has 0 atom stereocenters. The number of hydrogen-bond acceptors (Lipinski definition) is 5. The minimum atomic E-state index is -4.05. The van der Waals surface area contributed by atoms with E-state index in [4.69, 9.17) is 15.4 Å². The Hall–Kier alpha value is -1.08. The summed E-state index contributed by atoms with van der Waals surface area (Å²) in [6, 6.07) is 0. The molecule has 0 aromatic carbocycles. The van der Waals surface area contributed by atoms with Gasteiger partial charge in [-0.3, -0.25) is 5.10 Å².